The molecule has 0 spiro atoms. The summed E-state index contributed by atoms with van der Waals surface area (Å²) in [7, 11) is 3.65. The minimum Gasteiger partial charge on any atom is -0.392 e. The van der Waals surface area contributed by atoms with E-state index in [0.717, 1.165) is 42.5 Å². The summed E-state index contributed by atoms with van der Waals surface area (Å²) < 4.78 is 4.69. The lowest BCUT2D eigenvalue weighted by Gasteiger charge is -2.36. The van der Waals surface area contributed by atoms with Gasteiger partial charge in [-0.2, -0.15) is 0 Å². The molecule has 0 bridgehead atoms. The van der Waals surface area contributed by atoms with Crippen molar-refractivity contribution >= 4 is 60.1 Å². The van der Waals surface area contributed by atoms with Gasteiger partial charge in [0, 0.05) is 23.2 Å². The number of hydrogen-bond acceptors (Lipinski definition) is 10. The molecule has 0 saturated carbocycles. The van der Waals surface area contributed by atoms with Crippen LogP contribution in [0.3, 0.4) is 0 Å². The molecule has 0 atom stereocenters. The highest BCUT2D eigenvalue weighted by molar-refractivity contribution is 14.1. The lowest BCUT2D eigenvalue weighted by atomic mass is 9.77. The molecule has 0 aliphatic heterocycles. The van der Waals surface area contributed by atoms with Crippen molar-refractivity contribution in [3.8, 4) is 11.8 Å². The Morgan fingerprint density at radius 1 is 0.543 bits per heavy atom. The lowest BCUT2D eigenvalue weighted by molar-refractivity contribution is 0.343. The lowest BCUT2D eigenvalue weighted by Crippen LogP contribution is -2.38. The number of anilines is 2. The second kappa shape index (κ2) is 21.9. The Kier molecular flexibility index (Phi) is 15.2. The number of benzene rings is 6. The fourth-order valence-corrected chi connectivity index (χ4v) is 9.53. The quantitative estimate of drug-likeness (QED) is 0.0529. The van der Waals surface area contributed by atoms with E-state index in [0.29, 0.717) is 39.5 Å². The second-order valence-electron chi connectivity index (χ2n) is 15.8. The number of aliphatic hydroxyl groups is 2. The van der Waals surface area contributed by atoms with Crippen LogP contribution in [0.25, 0.3) is 25.9 Å². The molecule has 10 rings (SSSR count). The van der Waals surface area contributed by atoms with Gasteiger partial charge in [-0.25, -0.2) is 19.3 Å². The van der Waals surface area contributed by atoms with Crippen molar-refractivity contribution in [2.24, 2.45) is 0 Å². The standard InChI is InChI=1S/C28H24IN5O.C28H23N5O.CH4/c1-30-25-19-23(24(29)17-18-35)26-27(31-25)34(33-32-26)28(20-11-5-2-6-12-20,21-13-7-3-8-14-21)22-15-9-4-10-16-22;1-29-25-20-21(12-11-19-34)26-27(30-25)33(32-31-26)28(22-13-5-2-6-14-22,23-15-7-3-8-16-23)24-17-9-4-10-18-24;/h2-17,19,35H,18H2,1H3,(H,30,31);2-10,13-18,20,34H,19H2,1H3,(H,29,30);1H4/b24-17-;;. The topological polar surface area (TPSA) is 152 Å². The zero-order valence-corrected chi connectivity index (χ0v) is 40.0. The first-order valence-corrected chi connectivity index (χ1v) is 23.4. The van der Waals surface area contributed by atoms with E-state index in [1.165, 1.54) is 0 Å². The van der Waals surface area contributed by atoms with Crippen LogP contribution in [0.15, 0.2) is 200 Å². The highest BCUT2D eigenvalue weighted by Gasteiger charge is 2.43. The molecule has 12 nitrogen and oxygen atoms in total. The van der Waals surface area contributed by atoms with Crippen LogP contribution in [0, 0.1) is 11.8 Å². The largest absolute Gasteiger partial charge is 0.392 e. The Hall–Kier alpha value is -8.03. The first-order chi connectivity index (χ1) is 34.0. The fourth-order valence-electron chi connectivity index (χ4n) is 8.93. The monoisotopic (exact) mass is 1030 g/mol. The molecule has 0 unspecified atom stereocenters. The SMILES string of the molecule is C.CNc1cc(/C(I)=C/CO)c2nnn(C(c3ccccc3)(c3ccccc3)c3ccccc3)c2n1.CNc1cc(C#CCO)c2nnn(C(c3ccccc3)(c3ccccc3)c3ccccc3)c2n1. The number of aliphatic hydroxyl groups excluding tert-OH is 2. The number of halogens is 1. The Bertz CT molecular complexity index is 3200. The van der Waals surface area contributed by atoms with Crippen molar-refractivity contribution in [2.75, 3.05) is 37.9 Å². The van der Waals surface area contributed by atoms with E-state index in [2.05, 4.69) is 133 Å². The highest BCUT2D eigenvalue weighted by atomic mass is 127. The van der Waals surface area contributed by atoms with Gasteiger partial charge in [-0.05, 0) is 74.2 Å². The van der Waals surface area contributed by atoms with Gasteiger partial charge >= 0.3 is 0 Å². The zero-order chi connectivity index (χ0) is 47.6. The van der Waals surface area contributed by atoms with Gasteiger partial charge in [-0.3, -0.25) is 0 Å². The maximum atomic E-state index is 9.52. The van der Waals surface area contributed by atoms with Crippen LogP contribution in [-0.4, -0.2) is 77.5 Å². The number of pyridine rings is 2. The van der Waals surface area contributed by atoms with Crippen molar-refractivity contribution in [3.05, 3.63) is 245 Å². The van der Waals surface area contributed by atoms with Crippen molar-refractivity contribution < 1.29 is 10.2 Å². The molecular formula is C57H51IN10O2. The summed E-state index contributed by atoms with van der Waals surface area (Å²) in [5.41, 5.74) is 8.56. The summed E-state index contributed by atoms with van der Waals surface area (Å²) in [6.45, 7) is -0.304. The van der Waals surface area contributed by atoms with Crippen LogP contribution in [0.1, 0.15) is 51.9 Å². The normalized spacial score (nSPS) is 11.5. The van der Waals surface area contributed by atoms with E-state index in [1.54, 1.807) is 6.08 Å². The number of fused-ring (bicyclic) bond motifs is 2. The van der Waals surface area contributed by atoms with Crippen LogP contribution in [0.2, 0.25) is 0 Å². The van der Waals surface area contributed by atoms with Crippen LogP contribution in [-0.2, 0) is 11.1 Å². The van der Waals surface area contributed by atoms with Crippen LogP contribution < -0.4 is 10.6 Å². The van der Waals surface area contributed by atoms with Crippen LogP contribution >= 0.6 is 22.6 Å². The van der Waals surface area contributed by atoms with Crippen LogP contribution in [0.5, 0.6) is 0 Å². The molecule has 0 saturated heterocycles. The van der Waals surface area contributed by atoms with E-state index in [-0.39, 0.29) is 20.6 Å². The van der Waals surface area contributed by atoms with Crippen molar-refractivity contribution in [3.63, 3.8) is 0 Å². The van der Waals surface area contributed by atoms with E-state index >= 15 is 0 Å². The molecule has 0 radical (unpaired) electrons. The molecule has 4 N–H and O–H groups in total. The van der Waals surface area contributed by atoms with Crippen molar-refractivity contribution in [1.82, 2.24) is 40.0 Å². The molecule has 10 aromatic rings. The average molecular weight is 1040 g/mol. The highest BCUT2D eigenvalue weighted by Crippen LogP contribution is 2.44. The third-order valence-corrected chi connectivity index (χ3v) is 13.0. The van der Waals surface area contributed by atoms with Crippen molar-refractivity contribution in [1.29, 1.82) is 0 Å². The van der Waals surface area contributed by atoms with Gasteiger partial charge in [0.25, 0.3) is 0 Å². The smallest absolute Gasteiger partial charge is 0.183 e. The summed E-state index contributed by atoms with van der Waals surface area (Å²) in [6, 6.07) is 65.5. The number of aromatic nitrogens is 8. The Balaban J connectivity index is 0.000000186. The van der Waals surface area contributed by atoms with Gasteiger partial charge in [0.2, 0.25) is 0 Å². The van der Waals surface area contributed by atoms with Gasteiger partial charge in [0.1, 0.15) is 40.4 Å². The second-order valence-corrected chi connectivity index (χ2v) is 16.9. The summed E-state index contributed by atoms with van der Waals surface area (Å²) in [6.07, 6.45) is 1.76. The molecule has 0 fully saturated rings. The van der Waals surface area contributed by atoms with Gasteiger partial charge in [-0.1, -0.05) is 212 Å². The summed E-state index contributed by atoms with van der Waals surface area (Å²) in [5, 5.41) is 43.7. The molecule has 6 aromatic carbocycles. The third kappa shape index (κ3) is 8.91. The van der Waals surface area contributed by atoms with Gasteiger partial charge in [-0.15, -0.1) is 10.2 Å². The summed E-state index contributed by atoms with van der Waals surface area (Å²) >= 11 is 2.22. The molecule has 13 heteroatoms. The van der Waals surface area contributed by atoms with E-state index in [1.807, 2.05) is 145 Å². The Morgan fingerprint density at radius 3 is 1.23 bits per heavy atom. The number of hydrogen-bond donors (Lipinski definition) is 4. The maximum Gasteiger partial charge on any atom is 0.183 e. The zero-order valence-electron chi connectivity index (χ0n) is 37.8. The molecular weight excluding hydrogens is 984 g/mol. The summed E-state index contributed by atoms with van der Waals surface area (Å²) in [4.78, 5) is 9.79. The maximum absolute atomic E-state index is 9.52. The first-order valence-electron chi connectivity index (χ1n) is 22.3. The third-order valence-electron chi connectivity index (χ3n) is 11.9. The minimum absolute atomic E-state index is 0. The molecule has 0 aliphatic rings. The minimum atomic E-state index is -0.834. The predicted octanol–water partition coefficient (Wildman–Crippen LogP) is 10.2. The van der Waals surface area contributed by atoms with Crippen LogP contribution in [0.4, 0.5) is 11.6 Å². The van der Waals surface area contributed by atoms with E-state index in [4.69, 9.17) is 15.2 Å². The number of nitrogens with one attached hydrogen (secondary N) is 2. The fraction of sp³-hybridized carbons (Fsp3) is 0.123. The van der Waals surface area contributed by atoms with Gasteiger partial charge < -0.3 is 20.8 Å². The van der Waals surface area contributed by atoms with E-state index < -0.39 is 11.1 Å². The first kappa shape index (κ1) is 48.4. The molecule has 0 aliphatic carbocycles. The Morgan fingerprint density at radius 2 is 0.886 bits per heavy atom. The molecule has 0 amide bonds. The molecule has 70 heavy (non-hydrogen) atoms. The number of nitrogens with zero attached hydrogens (tertiary/aromatic N) is 8. The average Bonchev–Trinajstić information content (AvgIpc) is 4.06. The Labute approximate surface area is 421 Å². The molecule has 4 aromatic heterocycles. The molecule has 4 heterocycles. The van der Waals surface area contributed by atoms with Crippen molar-refractivity contribution in [2.45, 2.75) is 18.5 Å². The molecule has 348 valence electrons. The van der Waals surface area contributed by atoms with Gasteiger partial charge in [0.05, 0.1) is 12.2 Å². The van der Waals surface area contributed by atoms with E-state index in [9.17, 15) is 10.2 Å². The van der Waals surface area contributed by atoms with Gasteiger partial charge in [0.15, 0.2) is 11.3 Å². The number of rotatable bonds is 12. The predicted molar refractivity (Wildman–Crippen MR) is 289 cm³/mol. The summed E-state index contributed by atoms with van der Waals surface area (Å²) in [5.74, 6) is 7.06.